The maximum atomic E-state index is 8.65. The summed E-state index contributed by atoms with van der Waals surface area (Å²) < 4.78 is 1.03. The number of nitrogens with two attached hydrogens (primary N) is 2. The Hall–Kier alpha value is -1.73. The quantitative estimate of drug-likeness (QED) is 0.697. The highest BCUT2D eigenvalue weighted by molar-refractivity contribution is 7.18. The second-order valence-electron chi connectivity index (χ2n) is 3.04. The number of anilines is 2. The molecule has 2 aromatic rings. The zero-order valence-electron chi connectivity index (χ0n) is 7.45. The summed E-state index contributed by atoms with van der Waals surface area (Å²) >= 11 is 1.54. The highest BCUT2D eigenvalue weighted by Crippen LogP contribution is 2.35. The van der Waals surface area contributed by atoms with Gasteiger partial charge < -0.3 is 11.5 Å². The highest BCUT2D eigenvalue weighted by atomic mass is 32.1. The Labute approximate surface area is 85.6 Å². The van der Waals surface area contributed by atoms with Crippen LogP contribution in [0.4, 0.5) is 11.4 Å². The molecule has 0 atom stereocenters. The molecule has 0 bridgehead atoms. The SMILES string of the molecule is N#CCc1ccc(N)c2c(N)csc12. The van der Waals surface area contributed by atoms with Crippen molar-refractivity contribution in [3.8, 4) is 6.07 Å². The predicted octanol–water partition coefficient (Wildman–Crippen LogP) is 2.13. The van der Waals surface area contributed by atoms with Crippen LogP contribution < -0.4 is 11.5 Å². The Morgan fingerprint density at radius 2 is 2.07 bits per heavy atom. The molecule has 14 heavy (non-hydrogen) atoms. The van der Waals surface area contributed by atoms with Gasteiger partial charge in [0.25, 0.3) is 0 Å². The number of hydrogen-bond donors (Lipinski definition) is 2. The molecule has 0 saturated carbocycles. The summed E-state index contributed by atoms with van der Waals surface area (Å²) in [6, 6.07) is 5.82. The zero-order chi connectivity index (χ0) is 10.1. The normalized spacial score (nSPS) is 10.2. The molecule has 0 aliphatic carbocycles. The Kier molecular flexibility index (Phi) is 2.02. The van der Waals surface area contributed by atoms with Crippen LogP contribution in [0.3, 0.4) is 0 Å². The van der Waals surface area contributed by atoms with Gasteiger partial charge in [-0.1, -0.05) is 6.07 Å². The van der Waals surface area contributed by atoms with Crippen LogP contribution in [-0.2, 0) is 6.42 Å². The third-order valence-corrected chi connectivity index (χ3v) is 3.21. The standard InChI is InChI=1S/C10H9N3S/c11-4-3-6-1-2-7(12)9-8(13)5-14-10(6)9/h1-2,5H,3,12-13H2. The van der Waals surface area contributed by atoms with E-state index in [1.807, 2.05) is 11.4 Å². The number of nitrogens with zero attached hydrogens (tertiary/aromatic N) is 1. The molecule has 0 fully saturated rings. The van der Waals surface area contributed by atoms with Crippen molar-refractivity contribution < 1.29 is 0 Å². The molecule has 70 valence electrons. The monoisotopic (exact) mass is 203 g/mol. The molecule has 1 aromatic heterocycles. The van der Waals surface area contributed by atoms with Gasteiger partial charge in [-0.3, -0.25) is 0 Å². The summed E-state index contributed by atoms with van der Waals surface area (Å²) in [4.78, 5) is 0. The van der Waals surface area contributed by atoms with Crippen LogP contribution in [0.2, 0.25) is 0 Å². The summed E-state index contributed by atoms with van der Waals surface area (Å²) in [5.74, 6) is 0. The van der Waals surface area contributed by atoms with Crippen molar-refractivity contribution in [2.45, 2.75) is 6.42 Å². The van der Waals surface area contributed by atoms with Crippen LogP contribution in [0.15, 0.2) is 17.5 Å². The van der Waals surface area contributed by atoms with Crippen molar-refractivity contribution in [1.82, 2.24) is 0 Å². The molecule has 2 rings (SSSR count). The first kappa shape index (κ1) is 8.85. The number of hydrogen-bond acceptors (Lipinski definition) is 4. The lowest BCUT2D eigenvalue weighted by Crippen LogP contribution is -1.91. The van der Waals surface area contributed by atoms with Crippen molar-refractivity contribution >= 4 is 32.8 Å². The highest BCUT2D eigenvalue weighted by Gasteiger charge is 2.08. The fraction of sp³-hybridized carbons (Fsp3) is 0.100. The number of thiophene rings is 1. The zero-order valence-corrected chi connectivity index (χ0v) is 8.27. The molecular formula is C10H9N3S. The van der Waals surface area contributed by atoms with E-state index in [4.69, 9.17) is 16.7 Å². The van der Waals surface area contributed by atoms with Crippen molar-refractivity contribution in [3.05, 3.63) is 23.1 Å². The lowest BCUT2D eigenvalue weighted by Gasteiger charge is -2.01. The number of benzene rings is 1. The first-order chi connectivity index (χ1) is 6.74. The molecule has 4 heteroatoms. The molecule has 0 spiro atoms. The van der Waals surface area contributed by atoms with Gasteiger partial charge in [-0.05, 0) is 11.6 Å². The summed E-state index contributed by atoms with van der Waals surface area (Å²) in [6.45, 7) is 0. The molecule has 0 aliphatic rings. The van der Waals surface area contributed by atoms with Crippen molar-refractivity contribution in [3.63, 3.8) is 0 Å². The maximum Gasteiger partial charge on any atom is 0.0670 e. The Morgan fingerprint density at radius 3 is 2.79 bits per heavy atom. The van der Waals surface area contributed by atoms with E-state index >= 15 is 0 Å². The third-order valence-electron chi connectivity index (χ3n) is 2.13. The van der Waals surface area contributed by atoms with Crippen LogP contribution >= 0.6 is 11.3 Å². The molecule has 0 unspecified atom stereocenters. The summed E-state index contributed by atoms with van der Waals surface area (Å²) in [5, 5.41) is 11.4. The van der Waals surface area contributed by atoms with Crippen LogP contribution in [0.1, 0.15) is 5.56 Å². The third kappa shape index (κ3) is 1.19. The Bertz CT molecular complexity index is 522. The minimum atomic E-state index is 0.400. The second kappa shape index (κ2) is 3.20. The van der Waals surface area contributed by atoms with Crippen LogP contribution in [0, 0.1) is 11.3 Å². The molecular weight excluding hydrogens is 194 g/mol. The van der Waals surface area contributed by atoms with Crippen molar-refractivity contribution in [1.29, 1.82) is 5.26 Å². The molecule has 3 nitrogen and oxygen atoms in total. The van der Waals surface area contributed by atoms with Gasteiger partial charge in [-0.2, -0.15) is 5.26 Å². The molecule has 1 aromatic carbocycles. The molecule has 0 amide bonds. The summed E-state index contributed by atoms with van der Waals surface area (Å²) in [6.07, 6.45) is 0.400. The predicted molar refractivity (Wildman–Crippen MR) is 60.0 cm³/mol. The number of nitrogen functional groups attached to an aromatic ring is 2. The van der Waals surface area contributed by atoms with E-state index in [9.17, 15) is 0 Å². The van der Waals surface area contributed by atoms with Gasteiger partial charge in [0.2, 0.25) is 0 Å². The van der Waals surface area contributed by atoms with E-state index < -0.39 is 0 Å². The first-order valence-electron chi connectivity index (χ1n) is 4.15. The molecule has 1 heterocycles. The number of fused-ring (bicyclic) bond motifs is 1. The van der Waals surface area contributed by atoms with Crippen molar-refractivity contribution in [2.75, 3.05) is 11.5 Å². The van der Waals surface area contributed by atoms with Crippen LogP contribution in [-0.4, -0.2) is 0 Å². The average Bonchev–Trinajstić information content (AvgIpc) is 2.54. The lowest BCUT2D eigenvalue weighted by molar-refractivity contribution is 1.29. The molecule has 4 N–H and O–H groups in total. The fourth-order valence-electron chi connectivity index (χ4n) is 1.48. The van der Waals surface area contributed by atoms with Gasteiger partial charge in [0, 0.05) is 21.2 Å². The first-order valence-corrected chi connectivity index (χ1v) is 5.03. The lowest BCUT2D eigenvalue weighted by atomic mass is 10.1. The topological polar surface area (TPSA) is 75.8 Å². The fourth-order valence-corrected chi connectivity index (χ4v) is 2.49. The number of nitriles is 1. The second-order valence-corrected chi connectivity index (χ2v) is 3.92. The van der Waals surface area contributed by atoms with Gasteiger partial charge in [0.05, 0.1) is 18.2 Å². The van der Waals surface area contributed by atoms with E-state index in [1.54, 1.807) is 6.07 Å². The number of rotatable bonds is 1. The smallest absolute Gasteiger partial charge is 0.0670 e. The minimum absolute atomic E-state index is 0.400. The van der Waals surface area contributed by atoms with Crippen molar-refractivity contribution in [2.24, 2.45) is 0 Å². The van der Waals surface area contributed by atoms with E-state index in [-0.39, 0.29) is 0 Å². The van der Waals surface area contributed by atoms with Crippen LogP contribution in [0.5, 0.6) is 0 Å². The van der Waals surface area contributed by atoms with E-state index in [2.05, 4.69) is 6.07 Å². The molecule has 0 radical (unpaired) electrons. The van der Waals surface area contributed by atoms with Gasteiger partial charge in [-0.25, -0.2) is 0 Å². The van der Waals surface area contributed by atoms with E-state index in [0.29, 0.717) is 17.8 Å². The van der Waals surface area contributed by atoms with Crippen LogP contribution in [0.25, 0.3) is 10.1 Å². The molecule has 0 saturated heterocycles. The summed E-state index contributed by atoms with van der Waals surface area (Å²) in [5.41, 5.74) is 14.0. The average molecular weight is 203 g/mol. The van der Waals surface area contributed by atoms with Gasteiger partial charge in [-0.15, -0.1) is 11.3 Å². The minimum Gasteiger partial charge on any atom is -0.398 e. The Morgan fingerprint density at radius 1 is 1.29 bits per heavy atom. The maximum absolute atomic E-state index is 8.65. The van der Waals surface area contributed by atoms with E-state index in [0.717, 1.165) is 15.6 Å². The van der Waals surface area contributed by atoms with Gasteiger partial charge in [0.15, 0.2) is 0 Å². The van der Waals surface area contributed by atoms with E-state index in [1.165, 1.54) is 11.3 Å². The van der Waals surface area contributed by atoms with Gasteiger partial charge in [0.1, 0.15) is 0 Å². The molecule has 0 aliphatic heterocycles. The van der Waals surface area contributed by atoms with Gasteiger partial charge >= 0.3 is 0 Å². The summed E-state index contributed by atoms with van der Waals surface area (Å²) in [7, 11) is 0. The largest absolute Gasteiger partial charge is 0.398 e. The Balaban J connectivity index is 2.78.